The molecule has 0 saturated carbocycles. The summed E-state index contributed by atoms with van der Waals surface area (Å²) >= 11 is 1.89. The maximum absolute atomic E-state index is 8.96. The molecule has 0 bridgehead atoms. The Labute approximate surface area is 90.2 Å². The molecule has 0 aliphatic carbocycles. The molecule has 1 heterocycles. The average Bonchev–Trinajstić information content (AvgIpc) is 2.27. The van der Waals surface area contributed by atoms with Crippen molar-refractivity contribution < 1.29 is 4.74 Å². The lowest BCUT2D eigenvalue weighted by atomic mass is 10.1. The van der Waals surface area contributed by atoms with Crippen molar-refractivity contribution >= 4 is 11.8 Å². The number of thioether (sulfide) groups is 1. The number of ether oxygens (including phenoxy) is 1. The molecule has 1 N–H and O–H groups in total. The summed E-state index contributed by atoms with van der Waals surface area (Å²) in [5, 5.41) is 12.7. The van der Waals surface area contributed by atoms with Crippen LogP contribution in [0, 0.1) is 11.3 Å². The first-order valence-corrected chi connectivity index (χ1v) is 6.04. The Balaban J connectivity index is 2.28. The SMILES string of the molecule is CNC(C)(C#N)CSC1CCOCC1. The molecule has 4 heteroatoms. The van der Waals surface area contributed by atoms with Crippen LogP contribution in [0.5, 0.6) is 0 Å². The highest BCUT2D eigenvalue weighted by molar-refractivity contribution is 8.00. The molecule has 0 aromatic carbocycles. The lowest BCUT2D eigenvalue weighted by Crippen LogP contribution is -2.41. The van der Waals surface area contributed by atoms with Gasteiger partial charge in [0, 0.05) is 24.2 Å². The highest BCUT2D eigenvalue weighted by atomic mass is 32.2. The van der Waals surface area contributed by atoms with E-state index >= 15 is 0 Å². The Morgan fingerprint density at radius 2 is 2.21 bits per heavy atom. The quantitative estimate of drug-likeness (QED) is 0.768. The first-order chi connectivity index (χ1) is 6.70. The predicted molar refractivity (Wildman–Crippen MR) is 59.4 cm³/mol. The maximum Gasteiger partial charge on any atom is 0.112 e. The second-order valence-electron chi connectivity index (χ2n) is 3.82. The molecule has 3 nitrogen and oxygen atoms in total. The van der Waals surface area contributed by atoms with Crippen molar-refractivity contribution in [2.24, 2.45) is 0 Å². The number of nitrogens with zero attached hydrogens (tertiary/aromatic N) is 1. The third kappa shape index (κ3) is 3.49. The minimum atomic E-state index is -0.386. The van der Waals surface area contributed by atoms with Crippen LogP contribution >= 0.6 is 11.8 Å². The average molecular weight is 214 g/mol. The number of nitrogens with one attached hydrogen (secondary N) is 1. The lowest BCUT2D eigenvalue weighted by molar-refractivity contribution is 0.1000. The van der Waals surface area contributed by atoms with Gasteiger partial charge in [-0.2, -0.15) is 17.0 Å². The second kappa shape index (κ2) is 5.59. The molecule has 1 unspecified atom stereocenters. The molecule has 0 aromatic rings. The molecule has 80 valence electrons. The smallest absolute Gasteiger partial charge is 0.112 e. The van der Waals surface area contributed by atoms with Crippen molar-refractivity contribution in [1.29, 1.82) is 5.26 Å². The van der Waals surface area contributed by atoms with Gasteiger partial charge in [-0.05, 0) is 26.8 Å². The Morgan fingerprint density at radius 1 is 1.57 bits per heavy atom. The van der Waals surface area contributed by atoms with Crippen LogP contribution in [0.4, 0.5) is 0 Å². The normalized spacial score (nSPS) is 22.6. The molecule has 1 saturated heterocycles. The number of hydrogen-bond acceptors (Lipinski definition) is 4. The minimum Gasteiger partial charge on any atom is -0.381 e. The lowest BCUT2D eigenvalue weighted by Gasteiger charge is -2.26. The third-order valence-electron chi connectivity index (χ3n) is 2.57. The summed E-state index contributed by atoms with van der Waals surface area (Å²) in [7, 11) is 1.84. The van der Waals surface area contributed by atoms with E-state index in [-0.39, 0.29) is 5.54 Å². The molecular weight excluding hydrogens is 196 g/mol. The number of hydrogen-bond donors (Lipinski definition) is 1. The van der Waals surface area contributed by atoms with Crippen molar-refractivity contribution in [3.05, 3.63) is 0 Å². The van der Waals surface area contributed by atoms with E-state index in [1.165, 1.54) is 0 Å². The molecule has 1 rings (SSSR count). The van der Waals surface area contributed by atoms with Gasteiger partial charge < -0.3 is 10.1 Å². The van der Waals surface area contributed by atoms with Gasteiger partial charge in [0.15, 0.2) is 0 Å². The van der Waals surface area contributed by atoms with Gasteiger partial charge in [-0.25, -0.2) is 0 Å². The summed E-state index contributed by atoms with van der Waals surface area (Å²) in [6.45, 7) is 3.69. The van der Waals surface area contributed by atoms with E-state index in [9.17, 15) is 0 Å². The standard InChI is InChI=1S/C10H18N2OS/c1-10(7-11,12-2)8-14-9-3-5-13-6-4-9/h9,12H,3-6,8H2,1-2H3. The van der Waals surface area contributed by atoms with Crippen LogP contribution in [0.3, 0.4) is 0 Å². The third-order valence-corrected chi connectivity index (χ3v) is 4.26. The molecule has 1 fully saturated rings. The second-order valence-corrected chi connectivity index (χ2v) is 5.11. The van der Waals surface area contributed by atoms with E-state index in [1.54, 1.807) is 0 Å². The van der Waals surface area contributed by atoms with E-state index in [2.05, 4.69) is 11.4 Å². The van der Waals surface area contributed by atoms with Gasteiger partial charge in [-0.1, -0.05) is 0 Å². The summed E-state index contributed by atoms with van der Waals surface area (Å²) in [5.41, 5.74) is -0.386. The largest absolute Gasteiger partial charge is 0.381 e. The van der Waals surface area contributed by atoms with Crippen molar-refractivity contribution in [2.75, 3.05) is 26.0 Å². The fraction of sp³-hybridized carbons (Fsp3) is 0.900. The molecule has 0 radical (unpaired) electrons. The summed E-state index contributed by atoms with van der Waals surface area (Å²) in [4.78, 5) is 0. The summed E-state index contributed by atoms with van der Waals surface area (Å²) < 4.78 is 5.29. The van der Waals surface area contributed by atoms with E-state index in [0.717, 1.165) is 31.8 Å². The Hall–Kier alpha value is -0.240. The molecule has 0 amide bonds. The molecule has 1 aliphatic heterocycles. The van der Waals surface area contributed by atoms with Crippen LogP contribution in [0.25, 0.3) is 0 Å². The van der Waals surface area contributed by atoms with Gasteiger partial charge in [-0.3, -0.25) is 0 Å². The van der Waals surface area contributed by atoms with Crippen molar-refractivity contribution in [1.82, 2.24) is 5.32 Å². The van der Waals surface area contributed by atoms with Gasteiger partial charge in [0.05, 0.1) is 6.07 Å². The molecule has 14 heavy (non-hydrogen) atoms. The minimum absolute atomic E-state index is 0.386. The summed E-state index contributed by atoms with van der Waals surface area (Å²) in [5.74, 6) is 0.852. The molecule has 0 aromatic heterocycles. The van der Waals surface area contributed by atoms with Crippen molar-refractivity contribution in [3.8, 4) is 6.07 Å². The van der Waals surface area contributed by atoms with Gasteiger partial charge >= 0.3 is 0 Å². The van der Waals surface area contributed by atoms with Gasteiger partial charge in [-0.15, -0.1) is 0 Å². The monoisotopic (exact) mass is 214 g/mol. The van der Waals surface area contributed by atoms with E-state index in [1.807, 2.05) is 25.7 Å². The van der Waals surface area contributed by atoms with Crippen LogP contribution in [0.1, 0.15) is 19.8 Å². The summed E-state index contributed by atoms with van der Waals surface area (Å²) in [6, 6.07) is 2.30. The van der Waals surface area contributed by atoms with Crippen molar-refractivity contribution in [3.63, 3.8) is 0 Å². The van der Waals surface area contributed by atoms with E-state index < -0.39 is 0 Å². The highest BCUT2D eigenvalue weighted by Crippen LogP contribution is 2.24. The molecule has 1 atom stereocenters. The molecular formula is C10H18N2OS. The fourth-order valence-electron chi connectivity index (χ4n) is 1.29. The van der Waals surface area contributed by atoms with Gasteiger partial charge in [0.1, 0.15) is 5.54 Å². The number of rotatable bonds is 4. The summed E-state index contributed by atoms with van der Waals surface area (Å²) in [6.07, 6.45) is 2.24. The maximum atomic E-state index is 8.96. The Morgan fingerprint density at radius 3 is 2.71 bits per heavy atom. The van der Waals surface area contributed by atoms with Crippen LogP contribution in [-0.2, 0) is 4.74 Å². The molecule has 1 aliphatic rings. The Kier molecular flexibility index (Phi) is 4.73. The number of nitriles is 1. The topological polar surface area (TPSA) is 45.0 Å². The highest BCUT2D eigenvalue weighted by Gasteiger charge is 2.24. The fourth-order valence-corrected chi connectivity index (χ4v) is 2.59. The van der Waals surface area contributed by atoms with Crippen LogP contribution in [0.15, 0.2) is 0 Å². The molecule has 0 spiro atoms. The Bertz CT molecular complexity index is 211. The van der Waals surface area contributed by atoms with Gasteiger partial charge in [0.25, 0.3) is 0 Å². The predicted octanol–water partition coefficient (Wildman–Crippen LogP) is 1.40. The zero-order valence-electron chi connectivity index (χ0n) is 8.88. The first kappa shape index (κ1) is 11.8. The van der Waals surface area contributed by atoms with Crippen LogP contribution in [-0.4, -0.2) is 36.8 Å². The van der Waals surface area contributed by atoms with Crippen LogP contribution in [0.2, 0.25) is 0 Å². The zero-order chi connectivity index (χ0) is 10.4. The zero-order valence-corrected chi connectivity index (χ0v) is 9.69. The van der Waals surface area contributed by atoms with Crippen molar-refractivity contribution in [2.45, 2.75) is 30.6 Å². The first-order valence-electron chi connectivity index (χ1n) is 5.00. The van der Waals surface area contributed by atoms with E-state index in [4.69, 9.17) is 10.00 Å². The van der Waals surface area contributed by atoms with E-state index in [0.29, 0.717) is 5.25 Å². The van der Waals surface area contributed by atoms with Gasteiger partial charge in [0.2, 0.25) is 0 Å². The van der Waals surface area contributed by atoms with Crippen LogP contribution < -0.4 is 5.32 Å².